The normalized spacial score (nSPS) is 10.1. The molecule has 0 aliphatic carbocycles. The molecule has 0 aromatic heterocycles. The van der Waals surface area contributed by atoms with Crippen LogP contribution in [0.5, 0.6) is 11.5 Å². The molecular weight excluding hydrogens is 228 g/mol. The van der Waals surface area contributed by atoms with E-state index in [1.807, 2.05) is 36.4 Å². The molecule has 0 amide bonds. The zero-order valence-corrected chi connectivity index (χ0v) is 10.1. The largest absolute Gasteiger partial charge is 0.457 e. The van der Waals surface area contributed by atoms with Gasteiger partial charge in [-0.1, -0.05) is 30.3 Å². The van der Waals surface area contributed by atoms with Crippen molar-refractivity contribution in [2.75, 3.05) is 13.7 Å². The Morgan fingerprint density at radius 2 is 1.67 bits per heavy atom. The van der Waals surface area contributed by atoms with Crippen molar-refractivity contribution in [3.05, 3.63) is 60.2 Å². The van der Waals surface area contributed by atoms with Crippen LogP contribution in [0.25, 0.3) is 0 Å². The molecule has 2 aromatic rings. The van der Waals surface area contributed by atoms with Crippen LogP contribution in [0, 0.1) is 0 Å². The van der Waals surface area contributed by atoms with Gasteiger partial charge in [0.15, 0.2) is 5.78 Å². The molecule has 92 valence electrons. The van der Waals surface area contributed by atoms with Crippen molar-refractivity contribution in [3.63, 3.8) is 0 Å². The highest BCUT2D eigenvalue weighted by Gasteiger charge is 2.12. The molecule has 0 aliphatic heterocycles. The Kier molecular flexibility index (Phi) is 4.10. The van der Waals surface area contributed by atoms with E-state index in [0.717, 1.165) is 0 Å². The number of para-hydroxylation sites is 2. The van der Waals surface area contributed by atoms with Gasteiger partial charge in [-0.25, -0.2) is 0 Å². The predicted octanol–water partition coefficient (Wildman–Crippen LogP) is 3.31. The first-order valence-corrected chi connectivity index (χ1v) is 5.65. The van der Waals surface area contributed by atoms with E-state index in [4.69, 9.17) is 9.47 Å². The quantitative estimate of drug-likeness (QED) is 0.754. The molecule has 0 saturated carbocycles. The number of benzene rings is 2. The van der Waals surface area contributed by atoms with Gasteiger partial charge in [0.25, 0.3) is 0 Å². The summed E-state index contributed by atoms with van der Waals surface area (Å²) in [5.74, 6) is 1.16. The van der Waals surface area contributed by atoms with Crippen LogP contribution in [-0.2, 0) is 4.74 Å². The molecule has 0 bridgehead atoms. The summed E-state index contributed by atoms with van der Waals surface area (Å²) >= 11 is 0. The van der Waals surface area contributed by atoms with E-state index in [-0.39, 0.29) is 12.4 Å². The van der Waals surface area contributed by atoms with E-state index in [2.05, 4.69) is 0 Å². The van der Waals surface area contributed by atoms with Gasteiger partial charge in [0.05, 0.1) is 5.56 Å². The van der Waals surface area contributed by atoms with Gasteiger partial charge in [-0.05, 0) is 24.3 Å². The molecular formula is C15H14O3. The predicted molar refractivity (Wildman–Crippen MR) is 69.2 cm³/mol. The number of ketones is 1. The van der Waals surface area contributed by atoms with Gasteiger partial charge in [0.1, 0.15) is 18.1 Å². The molecule has 0 fully saturated rings. The summed E-state index contributed by atoms with van der Waals surface area (Å²) in [6.45, 7) is 0.0508. The van der Waals surface area contributed by atoms with Gasteiger partial charge in [-0.3, -0.25) is 4.79 Å². The third-order valence-corrected chi connectivity index (χ3v) is 2.43. The van der Waals surface area contributed by atoms with Gasteiger partial charge < -0.3 is 9.47 Å². The lowest BCUT2D eigenvalue weighted by Crippen LogP contribution is -2.08. The van der Waals surface area contributed by atoms with E-state index in [9.17, 15) is 4.79 Å². The number of Topliss-reactive ketones (excluding diaryl/α,β-unsaturated/α-hetero) is 1. The number of hydrogen-bond acceptors (Lipinski definition) is 3. The second-order valence-electron chi connectivity index (χ2n) is 3.77. The summed E-state index contributed by atoms with van der Waals surface area (Å²) in [5.41, 5.74) is 0.531. The zero-order valence-electron chi connectivity index (χ0n) is 10.1. The van der Waals surface area contributed by atoms with E-state index in [1.165, 1.54) is 7.11 Å². The summed E-state index contributed by atoms with van der Waals surface area (Å²) in [6, 6.07) is 16.5. The van der Waals surface area contributed by atoms with Gasteiger partial charge in [-0.2, -0.15) is 0 Å². The van der Waals surface area contributed by atoms with Gasteiger partial charge in [0, 0.05) is 7.11 Å². The Bertz CT molecular complexity index is 520. The maximum atomic E-state index is 11.9. The Balaban J connectivity index is 2.25. The molecule has 2 rings (SSSR count). The lowest BCUT2D eigenvalue weighted by Gasteiger charge is -2.09. The van der Waals surface area contributed by atoms with Crippen LogP contribution in [0.1, 0.15) is 10.4 Å². The van der Waals surface area contributed by atoms with Crippen molar-refractivity contribution in [2.24, 2.45) is 0 Å². The van der Waals surface area contributed by atoms with Crippen LogP contribution in [0.4, 0.5) is 0 Å². The minimum Gasteiger partial charge on any atom is -0.457 e. The highest BCUT2D eigenvalue weighted by Crippen LogP contribution is 2.25. The molecule has 18 heavy (non-hydrogen) atoms. The molecule has 0 spiro atoms. The fourth-order valence-corrected chi connectivity index (χ4v) is 1.61. The number of carbonyl (C=O) groups excluding carboxylic acids is 1. The molecule has 3 nitrogen and oxygen atoms in total. The first kappa shape index (κ1) is 12.3. The average Bonchev–Trinajstić information content (AvgIpc) is 2.41. The van der Waals surface area contributed by atoms with Crippen LogP contribution in [-0.4, -0.2) is 19.5 Å². The topological polar surface area (TPSA) is 35.5 Å². The molecule has 0 aliphatic rings. The fourth-order valence-electron chi connectivity index (χ4n) is 1.61. The third kappa shape index (κ3) is 2.96. The molecule has 0 heterocycles. The second kappa shape index (κ2) is 5.98. The van der Waals surface area contributed by atoms with Crippen LogP contribution in [0.2, 0.25) is 0 Å². The van der Waals surface area contributed by atoms with E-state index in [0.29, 0.717) is 17.1 Å². The van der Waals surface area contributed by atoms with Crippen LogP contribution >= 0.6 is 0 Å². The summed E-state index contributed by atoms with van der Waals surface area (Å²) in [4.78, 5) is 11.9. The number of ether oxygens (including phenoxy) is 2. The maximum Gasteiger partial charge on any atom is 0.192 e. The van der Waals surface area contributed by atoms with Gasteiger partial charge in [-0.15, -0.1) is 0 Å². The Hall–Kier alpha value is -2.13. The number of methoxy groups -OCH3 is 1. The Morgan fingerprint density at radius 1 is 1.00 bits per heavy atom. The van der Waals surface area contributed by atoms with E-state index >= 15 is 0 Å². The third-order valence-electron chi connectivity index (χ3n) is 2.43. The number of hydrogen-bond donors (Lipinski definition) is 0. The number of rotatable bonds is 5. The minimum absolute atomic E-state index is 0.0508. The van der Waals surface area contributed by atoms with E-state index < -0.39 is 0 Å². The van der Waals surface area contributed by atoms with Crippen LogP contribution in [0.3, 0.4) is 0 Å². The molecule has 0 radical (unpaired) electrons. The molecule has 0 saturated heterocycles. The van der Waals surface area contributed by atoms with Crippen molar-refractivity contribution >= 4 is 5.78 Å². The summed E-state index contributed by atoms with van der Waals surface area (Å²) in [6.07, 6.45) is 0. The van der Waals surface area contributed by atoms with Crippen molar-refractivity contribution < 1.29 is 14.3 Å². The monoisotopic (exact) mass is 242 g/mol. The smallest absolute Gasteiger partial charge is 0.192 e. The van der Waals surface area contributed by atoms with Crippen molar-refractivity contribution in [2.45, 2.75) is 0 Å². The van der Waals surface area contributed by atoms with Crippen molar-refractivity contribution in [1.29, 1.82) is 0 Å². The SMILES string of the molecule is COCC(=O)c1ccccc1Oc1ccccc1. The second-order valence-corrected chi connectivity index (χ2v) is 3.77. The van der Waals surface area contributed by atoms with Crippen molar-refractivity contribution in [3.8, 4) is 11.5 Å². The fraction of sp³-hybridized carbons (Fsp3) is 0.133. The molecule has 0 N–H and O–H groups in total. The maximum absolute atomic E-state index is 11.9. The van der Waals surface area contributed by atoms with Gasteiger partial charge in [0.2, 0.25) is 0 Å². The minimum atomic E-state index is -0.0935. The number of carbonyl (C=O) groups is 1. The summed E-state index contributed by atoms with van der Waals surface area (Å²) in [7, 11) is 1.50. The zero-order chi connectivity index (χ0) is 12.8. The first-order chi connectivity index (χ1) is 8.81. The Labute approximate surface area is 106 Å². The molecule has 3 heteroatoms. The molecule has 0 unspecified atom stereocenters. The van der Waals surface area contributed by atoms with E-state index in [1.54, 1.807) is 18.2 Å². The van der Waals surface area contributed by atoms with Crippen molar-refractivity contribution in [1.82, 2.24) is 0 Å². The molecule has 2 aromatic carbocycles. The first-order valence-electron chi connectivity index (χ1n) is 5.65. The lowest BCUT2D eigenvalue weighted by molar-refractivity contribution is 0.0845. The standard InChI is InChI=1S/C15H14O3/c1-17-11-14(16)13-9-5-6-10-15(13)18-12-7-3-2-4-8-12/h2-10H,11H2,1H3. The average molecular weight is 242 g/mol. The summed E-state index contributed by atoms with van der Waals surface area (Å²) < 4.78 is 10.6. The van der Waals surface area contributed by atoms with Crippen LogP contribution in [0.15, 0.2) is 54.6 Å². The lowest BCUT2D eigenvalue weighted by atomic mass is 10.1. The summed E-state index contributed by atoms with van der Waals surface area (Å²) in [5, 5.41) is 0. The molecule has 0 atom stereocenters. The highest BCUT2D eigenvalue weighted by molar-refractivity contribution is 5.99. The highest BCUT2D eigenvalue weighted by atomic mass is 16.5. The Morgan fingerprint density at radius 3 is 2.39 bits per heavy atom. The van der Waals surface area contributed by atoms with Gasteiger partial charge >= 0.3 is 0 Å². The van der Waals surface area contributed by atoms with Crippen LogP contribution < -0.4 is 4.74 Å².